The van der Waals surface area contributed by atoms with E-state index in [0.717, 1.165) is 0 Å². The van der Waals surface area contributed by atoms with Gasteiger partial charge in [-0.05, 0) is 46.3 Å². The summed E-state index contributed by atoms with van der Waals surface area (Å²) in [6, 6.07) is 8.42. The third-order valence-corrected chi connectivity index (χ3v) is 3.00. The molecule has 0 amide bonds. The Bertz CT molecular complexity index is 575. The first kappa shape index (κ1) is 13.0. The summed E-state index contributed by atoms with van der Waals surface area (Å²) in [6.07, 6.45) is 0. The van der Waals surface area contributed by atoms with Crippen LogP contribution >= 0.6 is 15.9 Å². The van der Waals surface area contributed by atoms with Gasteiger partial charge in [-0.3, -0.25) is 0 Å². The maximum Gasteiger partial charge on any atom is 0.141 e. The van der Waals surface area contributed by atoms with E-state index in [1.54, 1.807) is 6.07 Å². The summed E-state index contributed by atoms with van der Waals surface area (Å²) in [7, 11) is 0. The predicted molar refractivity (Wildman–Crippen MR) is 68.5 cm³/mol. The Balaban J connectivity index is 2.30. The molecule has 2 rings (SSSR count). The molecule has 0 bridgehead atoms. The molecular weight excluding hydrogens is 304 g/mol. The van der Waals surface area contributed by atoms with Crippen LogP contribution in [0, 0.1) is 11.6 Å². The number of rotatable bonds is 3. The van der Waals surface area contributed by atoms with Crippen LogP contribution in [0.5, 0.6) is 11.5 Å². The molecule has 2 aromatic rings. The van der Waals surface area contributed by atoms with Crippen LogP contribution in [0.3, 0.4) is 0 Å². The Kier molecular flexibility index (Phi) is 3.93. The van der Waals surface area contributed by atoms with Crippen molar-refractivity contribution in [2.45, 2.75) is 6.54 Å². The van der Waals surface area contributed by atoms with Crippen molar-refractivity contribution in [2.24, 2.45) is 5.73 Å². The fourth-order valence-electron chi connectivity index (χ4n) is 1.47. The lowest BCUT2D eigenvalue weighted by atomic mass is 10.2. The van der Waals surface area contributed by atoms with Crippen molar-refractivity contribution in [3.05, 3.63) is 58.1 Å². The van der Waals surface area contributed by atoms with Gasteiger partial charge in [0.1, 0.15) is 23.1 Å². The van der Waals surface area contributed by atoms with E-state index in [1.165, 1.54) is 30.3 Å². The van der Waals surface area contributed by atoms with E-state index in [-0.39, 0.29) is 12.4 Å². The summed E-state index contributed by atoms with van der Waals surface area (Å²) in [5.74, 6) is -0.0636. The molecule has 18 heavy (non-hydrogen) atoms. The molecule has 2 aromatic carbocycles. The first-order chi connectivity index (χ1) is 8.60. The summed E-state index contributed by atoms with van der Waals surface area (Å²) in [4.78, 5) is 0. The molecule has 0 saturated heterocycles. The van der Waals surface area contributed by atoms with Crippen LogP contribution in [0.15, 0.2) is 40.9 Å². The molecule has 94 valence electrons. The van der Waals surface area contributed by atoms with Crippen molar-refractivity contribution < 1.29 is 13.5 Å². The second kappa shape index (κ2) is 5.46. The van der Waals surface area contributed by atoms with E-state index in [1.807, 2.05) is 0 Å². The van der Waals surface area contributed by atoms with Gasteiger partial charge in [-0.15, -0.1) is 0 Å². The molecule has 0 radical (unpaired) electrons. The molecule has 0 fully saturated rings. The molecule has 0 unspecified atom stereocenters. The Labute approximate surface area is 112 Å². The van der Waals surface area contributed by atoms with E-state index in [9.17, 15) is 8.78 Å². The van der Waals surface area contributed by atoms with Crippen LogP contribution in [0.25, 0.3) is 0 Å². The maximum atomic E-state index is 13.3. The molecular formula is C13H10BrF2NO. The van der Waals surface area contributed by atoms with Crippen molar-refractivity contribution >= 4 is 15.9 Å². The number of ether oxygens (including phenoxy) is 1. The summed E-state index contributed by atoms with van der Waals surface area (Å²) in [5.41, 5.74) is 6.03. The summed E-state index contributed by atoms with van der Waals surface area (Å²) in [5, 5.41) is 0. The van der Waals surface area contributed by atoms with Crippen LogP contribution in [-0.2, 0) is 6.54 Å². The summed E-state index contributed by atoms with van der Waals surface area (Å²) >= 11 is 3.05. The van der Waals surface area contributed by atoms with Gasteiger partial charge in [-0.2, -0.15) is 0 Å². The summed E-state index contributed by atoms with van der Waals surface area (Å²) < 4.78 is 32.2. The summed E-state index contributed by atoms with van der Waals surface area (Å²) in [6.45, 7) is 0.145. The Hall–Kier alpha value is -1.46. The van der Waals surface area contributed by atoms with Gasteiger partial charge in [-0.25, -0.2) is 8.78 Å². The second-order valence-electron chi connectivity index (χ2n) is 3.63. The van der Waals surface area contributed by atoms with Gasteiger partial charge in [0.15, 0.2) is 0 Å². The molecule has 5 heteroatoms. The van der Waals surface area contributed by atoms with Crippen LogP contribution < -0.4 is 10.5 Å². The van der Waals surface area contributed by atoms with Gasteiger partial charge in [0, 0.05) is 18.2 Å². The fourth-order valence-corrected chi connectivity index (χ4v) is 1.72. The van der Waals surface area contributed by atoms with Gasteiger partial charge < -0.3 is 10.5 Å². The van der Waals surface area contributed by atoms with Gasteiger partial charge >= 0.3 is 0 Å². The number of hydrogen-bond donors (Lipinski definition) is 1. The van der Waals surface area contributed by atoms with Crippen LogP contribution in [-0.4, -0.2) is 0 Å². The van der Waals surface area contributed by atoms with Crippen LogP contribution in [0.4, 0.5) is 8.78 Å². The minimum atomic E-state index is -0.427. The largest absolute Gasteiger partial charge is 0.457 e. The minimum Gasteiger partial charge on any atom is -0.457 e. The van der Waals surface area contributed by atoms with E-state index in [2.05, 4.69) is 15.9 Å². The molecule has 0 aliphatic rings. The normalized spacial score (nSPS) is 10.4. The molecule has 0 atom stereocenters. The molecule has 0 spiro atoms. The topological polar surface area (TPSA) is 35.2 Å². The zero-order valence-corrected chi connectivity index (χ0v) is 10.9. The van der Waals surface area contributed by atoms with Crippen molar-refractivity contribution in [1.82, 2.24) is 0 Å². The SMILES string of the molecule is NCc1cc(F)ccc1Oc1ccc(Br)c(F)c1. The molecule has 0 aliphatic heterocycles. The molecule has 2 N–H and O–H groups in total. The number of halogens is 3. The van der Waals surface area contributed by atoms with Gasteiger partial charge in [0.2, 0.25) is 0 Å². The number of benzene rings is 2. The fraction of sp³-hybridized carbons (Fsp3) is 0.0769. The van der Waals surface area contributed by atoms with Crippen molar-refractivity contribution in [2.75, 3.05) is 0 Å². The van der Waals surface area contributed by atoms with E-state index in [4.69, 9.17) is 10.5 Å². The highest BCUT2D eigenvalue weighted by atomic mass is 79.9. The Morgan fingerprint density at radius 1 is 1.11 bits per heavy atom. The molecule has 0 aromatic heterocycles. The average Bonchev–Trinajstić information content (AvgIpc) is 2.36. The highest BCUT2D eigenvalue weighted by molar-refractivity contribution is 9.10. The minimum absolute atomic E-state index is 0.145. The molecule has 0 saturated carbocycles. The predicted octanol–water partition coefficient (Wildman–Crippen LogP) is 3.98. The molecule has 0 heterocycles. The lowest BCUT2D eigenvalue weighted by Gasteiger charge is -2.10. The molecule has 0 aliphatic carbocycles. The highest BCUT2D eigenvalue weighted by Crippen LogP contribution is 2.28. The van der Waals surface area contributed by atoms with E-state index < -0.39 is 5.82 Å². The maximum absolute atomic E-state index is 13.3. The number of hydrogen-bond acceptors (Lipinski definition) is 2. The van der Waals surface area contributed by atoms with Gasteiger partial charge in [0.05, 0.1) is 4.47 Å². The smallest absolute Gasteiger partial charge is 0.141 e. The van der Waals surface area contributed by atoms with E-state index in [0.29, 0.717) is 21.5 Å². The first-order valence-electron chi connectivity index (χ1n) is 5.21. The third-order valence-electron chi connectivity index (χ3n) is 2.36. The zero-order chi connectivity index (χ0) is 13.1. The highest BCUT2D eigenvalue weighted by Gasteiger charge is 2.07. The van der Waals surface area contributed by atoms with Crippen molar-refractivity contribution in [3.8, 4) is 11.5 Å². The average molecular weight is 314 g/mol. The Morgan fingerprint density at radius 3 is 2.56 bits per heavy atom. The van der Waals surface area contributed by atoms with Crippen molar-refractivity contribution in [3.63, 3.8) is 0 Å². The van der Waals surface area contributed by atoms with Crippen LogP contribution in [0.1, 0.15) is 5.56 Å². The quantitative estimate of drug-likeness (QED) is 0.930. The lowest BCUT2D eigenvalue weighted by Crippen LogP contribution is -2.00. The lowest BCUT2D eigenvalue weighted by molar-refractivity contribution is 0.468. The Morgan fingerprint density at radius 2 is 1.89 bits per heavy atom. The molecule has 2 nitrogen and oxygen atoms in total. The van der Waals surface area contributed by atoms with Gasteiger partial charge in [-0.1, -0.05) is 0 Å². The first-order valence-corrected chi connectivity index (χ1v) is 6.01. The van der Waals surface area contributed by atoms with Crippen LogP contribution in [0.2, 0.25) is 0 Å². The number of nitrogens with two attached hydrogens (primary N) is 1. The van der Waals surface area contributed by atoms with Crippen molar-refractivity contribution in [1.29, 1.82) is 0 Å². The standard InChI is InChI=1S/C13H10BrF2NO/c14-11-3-2-10(6-12(11)16)18-13-4-1-9(15)5-8(13)7-17/h1-6H,7,17H2. The monoisotopic (exact) mass is 313 g/mol. The second-order valence-corrected chi connectivity index (χ2v) is 4.49. The van der Waals surface area contributed by atoms with E-state index >= 15 is 0 Å². The zero-order valence-electron chi connectivity index (χ0n) is 9.29. The third kappa shape index (κ3) is 2.86. The van der Waals surface area contributed by atoms with Gasteiger partial charge in [0.25, 0.3) is 0 Å².